The lowest BCUT2D eigenvalue weighted by Crippen LogP contribution is -2.21. The van der Waals surface area contributed by atoms with Gasteiger partial charge in [-0.25, -0.2) is 0 Å². The van der Waals surface area contributed by atoms with Crippen molar-refractivity contribution in [3.05, 3.63) is 46.1 Å². The van der Waals surface area contributed by atoms with Gasteiger partial charge in [-0.05, 0) is 60.8 Å². The fourth-order valence-corrected chi connectivity index (χ4v) is 5.73. The molecule has 2 heterocycles. The Morgan fingerprint density at radius 2 is 2.03 bits per heavy atom. The number of rotatable bonds is 5. The fraction of sp³-hybridized carbons (Fsp3) is 0.409. The molecule has 0 spiro atoms. The van der Waals surface area contributed by atoms with Crippen molar-refractivity contribution in [2.45, 2.75) is 38.6 Å². The maximum atomic E-state index is 12.7. The zero-order chi connectivity index (χ0) is 20.8. The average molecular weight is 444 g/mol. The number of carbonyl (C=O) groups is 1. The largest absolute Gasteiger partial charge is 0.326 e. The molecule has 6 nitrogen and oxygen atoms in total. The minimum atomic E-state index is -0.00386. The highest BCUT2D eigenvalue weighted by atomic mass is 35.5. The van der Waals surface area contributed by atoms with Gasteiger partial charge in [-0.1, -0.05) is 35.7 Å². The molecule has 1 aromatic carbocycles. The first-order chi connectivity index (χ1) is 14.5. The highest BCUT2D eigenvalue weighted by Crippen LogP contribution is 2.49. The molecule has 2 fully saturated rings. The number of hydrogen-bond acceptors (Lipinski definition) is 4. The summed E-state index contributed by atoms with van der Waals surface area (Å²) in [6, 6.07) is 7.23. The Bertz CT molecular complexity index is 1130. The van der Waals surface area contributed by atoms with E-state index < -0.39 is 0 Å². The van der Waals surface area contributed by atoms with Crippen LogP contribution < -0.4 is 11.1 Å². The van der Waals surface area contributed by atoms with Gasteiger partial charge in [-0.3, -0.25) is 14.5 Å². The average Bonchev–Trinajstić information content (AvgIpc) is 3.43. The number of benzene rings is 1. The van der Waals surface area contributed by atoms with Crippen LogP contribution in [0.2, 0.25) is 10.0 Å². The van der Waals surface area contributed by atoms with E-state index in [1.54, 1.807) is 16.5 Å². The summed E-state index contributed by atoms with van der Waals surface area (Å²) in [5.74, 6) is 2.43. The van der Waals surface area contributed by atoms with Crippen molar-refractivity contribution in [3.8, 4) is 11.1 Å². The molecule has 2 bridgehead atoms. The van der Waals surface area contributed by atoms with Gasteiger partial charge in [-0.2, -0.15) is 0 Å². The molecular formula is C22H23Cl2N5O. The Hall–Kier alpha value is -2.15. The predicted octanol–water partition coefficient (Wildman–Crippen LogP) is 4.93. The van der Waals surface area contributed by atoms with Crippen molar-refractivity contribution >= 4 is 40.7 Å². The fourth-order valence-electron chi connectivity index (χ4n) is 5.22. The SMILES string of the molecule is NCc1cc2nnc(NC(=O)CC3C[C@@H]4CC[C@H]3C4)n2cc1-c1ccc(Cl)cc1Cl. The Kier molecular flexibility index (Phi) is 5.17. The van der Waals surface area contributed by atoms with Gasteiger partial charge in [0.25, 0.3) is 0 Å². The van der Waals surface area contributed by atoms with Crippen LogP contribution in [0.1, 0.15) is 37.7 Å². The first-order valence-corrected chi connectivity index (χ1v) is 11.1. The summed E-state index contributed by atoms with van der Waals surface area (Å²) in [6.45, 7) is 0.323. The van der Waals surface area contributed by atoms with Crippen LogP contribution in [0, 0.1) is 17.8 Å². The molecule has 0 radical (unpaired) electrons. The lowest BCUT2D eigenvalue weighted by Gasteiger charge is -2.20. The van der Waals surface area contributed by atoms with E-state index in [0.717, 1.165) is 22.6 Å². The monoisotopic (exact) mass is 443 g/mol. The van der Waals surface area contributed by atoms with Crippen molar-refractivity contribution < 1.29 is 4.79 Å². The number of anilines is 1. The summed E-state index contributed by atoms with van der Waals surface area (Å²) in [6.07, 6.45) is 7.49. The van der Waals surface area contributed by atoms with Crippen LogP contribution in [-0.4, -0.2) is 20.5 Å². The van der Waals surface area contributed by atoms with E-state index in [0.29, 0.717) is 46.4 Å². The highest BCUT2D eigenvalue weighted by molar-refractivity contribution is 6.36. The molecular weight excluding hydrogens is 421 g/mol. The molecule has 3 atom stereocenters. The molecule has 3 aromatic rings. The molecule has 1 amide bonds. The number of nitrogens with one attached hydrogen (secondary N) is 1. The molecule has 30 heavy (non-hydrogen) atoms. The van der Waals surface area contributed by atoms with Crippen LogP contribution in [0.15, 0.2) is 30.5 Å². The smallest absolute Gasteiger partial charge is 0.235 e. The third kappa shape index (κ3) is 3.57. The van der Waals surface area contributed by atoms with Gasteiger partial charge in [-0.15, -0.1) is 10.2 Å². The number of amides is 1. The standard InChI is InChI=1S/C22H23Cl2N5O/c23-16-3-4-17(19(24)9-16)18-11-29-20(7-15(18)10-25)27-28-22(29)26-21(30)8-14-6-12-1-2-13(14)5-12/h3-4,7,9,11-14H,1-2,5-6,8,10,25H2,(H,26,28,30)/t12-,13+,14?/m1/s1. The maximum absolute atomic E-state index is 12.7. The van der Waals surface area contributed by atoms with E-state index in [-0.39, 0.29) is 5.91 Å². The highest BCUT2D eigenvalue weighted by Gasteiger charge is 2.40. The summed E-state index contributed by atoms with van der Waals surface area (Å²) >= 11 is 12.5. The zero-order valence-corrected chi connectivity index (χ0v) is 18.0. The molecule has 2 aliphatic rings. The van der Waals surface area contributed by atoms with Crippen molar-refractivity contribution in [2.24, 2.45) is 23.5 Å². The van der Waals surface area contributed by atoms with E-state index in [4.69, 9.17) is 28.9 Å². The van der Waals surface area contributed by atoms with Crippen molar-refractivity contribution in [1.82, 2.24) is 14.6 Å². The van der Waals surface area contributed by atoms with Gasteiger partial charge in [0.05, 0.1) is 0 Å². The summed E-state index contributed by atoms with van der Waals surface area (Å²) in [4.78, 5) is 12.7. The van der Waals surface area contributed by atoms with E-state index in [9.17, 15) is 4.79 Å². The van der Waals surface area contributed by atoms with E-state index in [2.05, 4.69) is 15.5 Å². The van der Waals surface area contributed by atoms with Gasteiger partial charge >= 0.3 is 0 Å². The Labute approximate surface area is 184 Å². The topological polar surface area (TPSA) is 85.3 Å². The molecule has 5 rings (SSSR count). The number of aromatic nitrogens is 3. The maximum Gasteiger partial charge on any atom is 0.235 e. The molecule has 2 aliphatic carbocycles. The molecule has 8 heteroatoms. The third-order valence-corrected chi connectivity index (χ3v) is 7.20. The zero-order valence-electron chi connectivity index (χ0n) is 16.4. The number of pyridine rings is 1. The van der Waals surface area contributed by atoms with E-state index >= 15 is 0 Å². The van der Waals surface area contributed by atoms with Crippen LogP contribution in [-0.2, 0) is 11.3 Å². The van der Waals surface area contributed by atoms with E-state index in [1.807, 2.05) is 18.3 Å². The van der Waals surface area contributed by atoms with Gasteiger partial charge in [0.1, 0.15) is 0 Å². The van der Waals surface area contributed by atoms with Gasteiger partial charge in [0.2, 0.25) is 11.9 Å². The lowest BCUT2D eigenvalue weighted by molar-refractivity contribution is -0.117. The summed E-state index contributed by atoms with van der Waals surface area (Å²) < 4.78 is 1.78. The van der Waals surface area contributed by atoms with Gasteiger partial charge < -0.3 is 5.73 Å². The van der Waals surface area contributed by atoms with Crippen molar-refractivity contribution in [1.29, 1.82) is 0 Å². The van der Waals surface area contributed by atoms with Crippen LogP contribution >= 0.6 is 23.2 Å². The normalized spacial score (nSPS) is 22.7. The lowest BCUT2D eigenvalue weighted by atomic mass is 9.86. The van der Waals surface area contributed by atoms with Crippen LogP contribution in [0.3, 0.4) is 0 Å². The van der Waals surface area contributed by atoms with Crippen LogP contribution in [0.25, 0.3) is 16.8 Å². The molecule has 2 aromatic heterocycles. The number of carbonyl (C=O) groups excluding carboxylic acids is 1. The van der Waals surface area contributed by atoms with Gasteiger partial charge in [0.15, 0.2) is 5.65 Å². The second-order valence-electron chi connectivity index (χ2n) is 8.48. The molecule has 2 saturated carbocycles. The molecule has 0 aliphatic heterocycles. The summed E-state index contributed by atoms with van der Waals surface area (Å²) in [5.41, 5.74) is 9.16. The number of nitrogens with zero attached hydrogens (tertiary/aromatic N) is 3. The molecule has 156 valence electrons. The second-order valence-corrected chi connectivity index (χ2v) is 9.32. The number of hydrogen-bond donors (Lipinski definition) is 2. The quantitative estimate of drug-likeness (QED) is 0.585. The first-order valence-electron chi connectivity index (χ1n) is 10.3. The summed E-state index contributed by atoms with van der Waals surface area (Å²) in [5, 5.41) is 12.5. The van der Waals surface area contributed by atoms with Crippen LogP contribution in [0.5, 0.6) is 0 Å². The van der Waals surface area contributed by atoms with Crippen LogP contribution in [0.4, 0.5) is 5.95 Å². The number of nitrogens with two attached hydrogens (primary N) is 1. The number of fused-ring (bicyclic) bond motifs is 3. The first kappa shape index (κ1) is 19.8. The molecule has 3 N–H and O–H groups in total. The van der Waals surface area contributed by atoms with Crippen molar-refractivity contribution in [2.75, 3.05) is 5.32 Å². The summed E-state index contributed by atoms with van der Waals surface area (Å²) in [7, 11) is 0. The van der Waals surface area contributed by atoms with Crippen molar-refractivity contribution in [3.63, 3.8) is 0 Å². The Morgan fingerprint density at radius 3 is 2.73 bits per heavy atom. The minimum absolute atomic E-state index is 0.00386. The Balaban J connectivity index is 1.44. The molecule has 0 saturated heterocycles. The second kappa shape index (κ2) is 7.84. The van der Waals surface area contributed by atoms with Gasteiger partial charge in [0, 0.05) is 40.3 Å². The number of halogens is 2. The van der Waals surface area contributed by atoms with E-state index in [1.165, 1.54) is 25.7 Å². The molecule has 1 unspecified atom stereocenters. The minimum Gasteiger partial charge on any atom is -0.326 e. The third-order valence-electron chi connectivity index (χ3n) is 6.65. The predicted molar refractivity (Wildman–Crippen MR) is 119 cm³/mol. The Morgan fingerprint density at radius 1 is 1.17 bits per heavy atom.